The number of furan rings is 1. The Bertz CT molecular complexity index is 651. The number of aryl methyl sites for hydroxylation is 1. The number of hydrogen-bond acceptors (Lipinski definition) is 2. The van der Waals surface area contributed by atoms with Crippen LogP contribution in [0.2, 0.25) is 0 Å². The van der Waals surface area contributed by atoms with E-state index in [4.69, 9.17) is 4.42 Å². The molecule has 0 N–H and O–H groups in total. The summed E-state index contributed by atoms with van der Waals surface area (Å²) in [6.07, 6.45) is 0. The van der Waals surface area contributed by atoms with Crippen LogP contribution in [0, 0.1) is 6.92 Å². The molecule has 0 unspecified atom stereocenters. The van der Waals surface area contributed by atoms with Gasteiger partial charge in [0.25, 0.3) is 0 Å². The molecule has 2 heterocycles. The molecular weight excluding hydrogens is 284 g/mol. The number of hydrogen-bond donors (Lipinski definition) is 0. The van der Waals surface area contributed by atoms with E-state index in [0.717, 1.165) is 21.2 Å². The normalized spacial score (nSPS) is 11.1. The zero-order valence-electron chi connectivity index (χ0n) is 8.66. The summed E-state index contributed by atoms with van der Waals surface area (Å²) in [4.78, 5) is 2.46. The van der Waals surface area contributed by atoms with E-state index in [1.54, 1.807) is 11.3 Å². The first-order chi connectivity index (χ1) is 7.75. The molecule has 1 nitrogen and oxygen atoms in total. The molecule has 0 saturated heterocycles. The zero-order chi connectivity index (χ0) is 11.1. The molecule has 0 aliphatic carbocycles. The minimum atomic E-state index is 0.926. The maximum atomic E-state index is 5.86. The summed E-state index contributed by atoms with van der Waals surface area (Å²) >= 11 is 5.36. The van der Waals surface area contributed by atoms with E-state index < -0.39 is 0 Å². The molecule has 0 aliphatic rings. The van der Waals surface area contributed by atoms with Crippen molar-refractivity contribution in [2.75, 3.05) is 0 Å². The monoisotopic (exact) mass is 292 g/mol. The lowest BCUT2D eigenvalue weighted by Crippen LogP contribution is -1.65. The Morgan fingerprint density at radius 1 is 1.12 bits per heavy atom. The first-order valence-electron chi connectivity index (χ1n) is 4.99. The molecule has 16 heavy (non-hydrogen) atoms. The standard InChI is InChI=1S/C13H9BrOS/c1-8-6-7-11(16-8)13-12(14)9-4-2-3-5-10(9)15-13/h2-7H,1H3. The highest BCUT2D eigenvalue weighted by molar-refractivity contribution is 9.10. The van der Waals surface area contributed by atoms with Gasteiger partial charge in [-0.15, -0.1) is 11.3 Å². The third-order valence-electron chi connectivity index (χ3n) is 2.50. The van der Waals surface area contributed by atoms with Crippen molar-refractivity contribution in [3.8, 4) is 10.6 Å². The van der Waals surface area contributed by atoms with Gasteiger partial charge < -0.3 is 4.42 Å². The van der Waals surface area contributed by atoms with Gasteiger partial charge in [0.2, 0.25) is 0 Å². The summed E-state index contributed by atoms with van der Waals surface area (Å²) in [5.41, 5.74) is 0.926. The Kier molecular flexibility index (Phi) is 2.37. The number of para-hydroxylation sites is 1. The summed E-state index contributed by atoms with van der Waals surface area (Å²) in [5, 5.41) is 1.13. The Morgan fingerprint density at radius 2 is 1.94 bits per heavy atom. The minimum Gasteiger partial charge on any atom is -0.454 e. The second-order valence-electron chi connectivity index (χ2n) is 3.65. The van der Waals surface area contributed by atoms with Gasteiger partial charge in [-0.2, -0.15) is 0 Å². The molecule has 3 rings (SSSR count). The van der Waals surface area contributed by atoms with E-state index in [2.05, 4.69) is 41.1 Å². The predicted octanol–water partition coefficient (Wildman–Crippen LogP) is 5.23. The Morgan fingerprint density at radius 3 is 2.62 bits per heavy atom. The molecule has 0 bridgehead atoms. The predicted molar refractivity (Wildman–Crippen MR) is 72.0 cm³/mol. The van der Waals surface area contributed by atoms with Crippen LogP contribution in [0.15, 0.2) is 45.3 Å². The second-order valence-corrected chi connectivity index (χ2v) is 5.73. The summed E-state index contributed by atoms with van der Waals surface area (Å²) in [6.45, 7) is 2.10. The molecule has 0 radical (unpaired) electrons. The third kappa shape index (κ3) is 1.51. The molecule has 0 fully saturated rings. The van der Waals surface area contributed by atoms with Crippen molar-refractivity contribution in [1.82, 2.24) is 0 Å². The van der Waals surface area contributed by atoms with Crippen LogP contribution in [0.25, 0.3) is 21.6 Å². The SMILES string of the molecule is Cc1ccc(-c2oc3ccccc3c2Br)s1. The van der Waals surface area contributed by atoms with Crippen molar-refractivity contribution in [2.24, 2.45) is 0 Å². The average molecular weight is 293 g/mol. The first kappa shape index (κ1) is 10.1. The van der Waals surface area contributed by atoms with Crippen LogP contribution in [-0.4, -0.2) is 0 Å². The molecule has 80 valence electrons. The number of fused-ring (bicyclic) bond motifs is 1. The van der Waals surface area contributed by atoms with Crippen LogP contribution in [0.4, 0.5) is 0 Å². The Hall–Kier alpha value is -1.06. The van der Waals surface area contributed by atoms with Gasteiger partial charge in [0.15, 0.2) is 5.76 Å². The summed E-state index contributed by atoms with van der Waals surface area (Å²) < 4.78 is 6.91. The molecule has 0 saturated carbocycles. The molecule has 3 heteroatoms. The van der Waals surface area contributed by atoms with E-state index in [-0.39, 0.29) is 0 Å². The second kappa shape index (κ2) is 3.75. The largest absolute Gasteiger partial charge is 0.454 e. The van der Waals surface area contributed by atoms with E-state index in [0.29, 0.717) is 0 Å². The lowest BCUT2D eigenvalue weighted by atomic mass is 10.2. The van der Waals surface area contributed by atoms with E-state index in [9.17, 15) is 0 Å². The van der Waals surface area contributed by atoms with Gasteiger partial charge >= 0.3 is 0 Å². The number of benzene rings is 1. The van der Waals surface area contributed by atoms with Gasteiger partial charge in [-0.3, -0.25) is 0 Å². The van der Waals surface area contributed by atoms with Crippen LogP contribution in [0.5, 0.6) is 0 Å². The van der Waals surface area contributed by atoms with Crippen LogP contribution in [-0.2, 0) is 0 Å². The molecule has 0 atom stereocenters. The van der Waals surface area contributed by atoms with Gasteiger partial charge in [0.1, 0.15) is 5.58 Å². The van der Waals surface area contributed by atoms with Crippen molar-refractivity contribution >= 4 is 38.2 Å². The minimum absolute atomic E-state index is 0.926. The van der Waals surface area contributed by atoms with Crippen molar-refractivity contribution in [1.29, 1.82) is 0 Å². The van der Waals surface area contributed by atoms with Crippen molar-refractivity contribution < 1.29 is 4.42 Å². The van der Waals surface area contributed by atoms with E-state index >= 15 is 0 Å². The van der Waals surface area contributed by atoms with Gasteiger partial charge in [-0.25, -0.2) is 0 Å². The molecule has 0 aliphatic heterocycles. The fraction of sp³-hybridized carbons (Fsp3) is 0.0769. The molecule has 0 spiro atoms. The van der Waals surface area contributed by atoms with Gasteiger partial charge in [-0.1, -0.05) is 12.1 Å². The summed E-state index contributed by atoms with van der Waals surface area (Å²) in [5.74, 6) is 0.930. The van der Waals surface area contributed by atoms with Crippen LogP contribution < -0.4 is 0 Å². The van der Waals surface area contributed by atoms with Crippen LogP contribution in [0.1, 0.15) is 4.88 Å². The highest BCUT2D eigenvalue weighted by Gasteiger charge is 2.14. The van der Waals surface area contributed by atoms with Crippen molar-refractivity contribution in [3.05, 3.63) is 45.7 Å². The summed E-state index contributed by atoms with van der Waals surface area (Å²) in [7, 11) is 0. The molecular formula is C13H9BrOS. The molecule has 2 aromatic heterocycles. The quantitative estimate of drug-likeness (QED) is 0.598. The van der Waals surface area contributed by atoms with Crippen LogP contribution >= 0.6 is 27.3 Å². The third-order valence-corrected chi connectivity index (χ3v) is 4.29. The maximum Gasteiger partial charge on any atom is 0.159 e. The van der Waals surface area contributed by atoms with E-state index in [1.165, 1.54) is 9.75 Å². The smallest absolute Gasteiger partial charge is 0.159 e. The van der Waals surface area contributed by atoms with Gasteiger partial charge in [-0.05, 0) is 47.1 Å². The molecule has 0 amide bonds. The number of rotatable bonds is 1. The fourth-order valence-electron chi connectivity index (χ4n) is 1.73. The highest BCUT2D eigenvalue weighted by atomic mass is 79.9. The fourth-order valence-corrected chi connectivity index (χ4v) is 3.34. The maximum absolute atomic E-state index is 5.86. The van der Waals surface area contributed by atoms with Gasteiger partial charge in [0, 0.05) is 10.3 Å². The molecule has 1 aromatic carbocycles. The highest BCUT2D eigenvalue weighted by Crippen LogP contribution is 2.40. The summed E-state index contributed by atoms with van der Waals surface area (Å²) in [6, 6.07) is 12.3. The topological polar surface area (TPSA) is 13.1 Å². The van der Waals surface area contributed by atoms with Crippen molar-refractivity contribution in [3.63, 3.8) is 0 Å². The number of thiophene rings is 1. The zero-order valence-corrected chi connectivity index (χ0v) is 11.1. The average Bonchev–Trinajstić information content (AvgIpc) is 2.84. The Labute approximate surface area is 106 Å². The first-order valence-corrected chi connectivity index (χ1v) is 6.60. The lowest BCUT2D eigenvalue weighted by molar-refractivity contribution is 0.631. The molecule has 3 aromatic rings. The van der Waals surface area contributed by atoms with Crippen molar-refractivity contribution in [2.45, 2.75) is 6.92 Å². The van der Waals surface area contributed by atoms with Crippen LogP contribution in [0.3, 0.4) is 0 Å². The van der Waals surface area contributed by atoms with E-state index in [1.807, 2.05) is 18.2 Å². The lowest BCUT2D eigenvalue weighted by Gasteiger charge is -1.90. The van der Waals surface area contributed by atoms with Gasteiger partial charge in [0.05, 0.1) is 9.35 Å². The number of halogens is 1. The Balaban J connectivity index is 2.28.